The average Bonchev–Trinajstić information content (AvgIpc) is 2.30. The molecular weight excluding hydrogens is 250 g/mol. The van der Waals surface area contributed by atoms with Crippen molar-refractivity contribution in [2.24, 2.45) is 0 Å². The fraction of sp³-hybridized carbons (Fsp3) is 0.417. The Morgan fingerprint density at radius 2 is 2.00 bits per heavy atom. The Morgan fingerprint density at radius 1 is 1.39 bits per heavy atom. The molecule has 18 heavy (non-hydrogen) atoms. The van der Waals surface area contributed by atoms with Crippen LogP contribution in [0.5, 0.6) is 0 Å². The van der Waals surface area contributed by atoms with E-state index in [9.17, 15) is 8.42 Å². The van der Waals surface area contributed by atoms with Gasteiger partial charge in [0, 0.05) is 13.1 Å². The second-order valence-corrected chi connectivity index (χ2v) is 6.09. The number of benzene rings is 1. The molecule has 0 unspecified atom stereocenters. The fourth-order valence-corrected chi connectivity index (χ4v) is 2.49. The second-order valence-electron chi connectivity index (χ2n) is 4.36. The monoisotopic (exact) mass is 267 g/mol. The SMILES string of the molecule is Cc1ccc(C#N)cc1NS(=O)(=O)N(C)C(C)C. The van der Waals surface area contributed by atoms with E-state index in [4.69, 9.17) is 5.26 Å². The van der Waals surface area contributed by atoms with Crippen molar-refractivity contribution in [3.63, 3.8) is 0 Å². The molecule has 0 aliphatic carbocycles. The van der Waals surface area contributed by atoms with E-state index in [2.05, 4.69) is 4.72 Å². The van der Waals surface area contributed by atoms with E-state index >= 15 is 0 Å². The zero-order chi connectivity index (χ0) is 13.9. The first-order valence-corrected chi connectivity index (χ1v) is 6.98. The molecule has 0 heterocycles. The number of aryl methyl sites for hydroxylation is 1. The summed E-state index contributed by atoms with van der Waals surface area (Å²) in [6, 6.07) is 6.74. The Balaban J connectivity index is 3.09. The van der Waals surface area contributed by atoms with Crippen LogP contribution in [0.4, 0.5) is 5.69 Å². The van der Waals surface area contributed by atoms with Crippen LogP contribution in [0.1, 0.15) is 25.0 Å². The van der Waals surface area contributed by atoms with Crippen LogP contribution >= 0.6 is 0 Å². The van der Waals surface area contributed by atoms with Gasteiger partial charge in [0.25, 0.3) is 0 Å². The Labute approximate surface area is 108 Å². The zero-order valence-electron chi connectivity index (χ0n) is 10.9. The van der Waals surface area contributed by atoms with Gasteiger partial charge in [0.1, 0.15) is 0 Å². The van der Waals surface area contributed by atoms with Crippen LogP contribution in [0.15, 0.2) is 18.2 Å². The Kier molecular flexibility index (Phi) is 4.33. The van der Waals surface area contributed by atoms with Gasteiger partial charge in [0.15, 0.2) is 0 Å². The van der Waals surface area contributed by atoms with Gasteiger partial charge in [-0.3, -0.25) is 4.72 Å². The van der Waals surface area contributed by atoms with Gasteiger partial charge in [-0.25, -0.2) is 0 Å². The Bertz CT molecular complexity index is 573. The van der Waals surface area contributed by atoms with Gasteiger partial charge in [0.05, 0.1) is 17.3 Å². The molecule has 0 aromatic heterocycles. The normalized spacial score (nSPS) is 11.6. The molecule has 0 fully saturated rings. The van der Waals surface area contributed by atoms with Gasteiger partial charge in [-0.2, -0.15) is 18.0 Å². The van der Waals surface area contributed by atoms with Gasteiger partial charge in [-0.15, -0.1) is 0 Å². The molecule has 5 nitrogen and oxygen atoms in total. The summed E-state index contributed by atoms with van der Waals surface area (Å²) >= 11 is 0. The second kappa shape index (κ2) is 5.38. The molecule has 1 rings (SSSR count). The van der Waals surface area contributed by atoms with Crippen LogP contribution in [0.2, 0.25) is 0 Å². The highest BCUT2D eigenvalue weighted by Gasteiger charge is 2.20. The predicted octanol–water partition coefficient (Wildman–Crippen LogP) is 1.86. The highest BCUT2D eigenvalue weighted by Crippen LogP contribution is 2.19. The molecule has 0 spiro atoms. The molecule has 98 valence electrons. The van der Waals surface area contributed by atoms with Gasteiger partial charge < -0.3 is 0 Å². The fourth-order valence-electron chi connectivity index (χ4n) is 1.29. The number of hydrogen-bond acceptors (Lipinski definition) is 3. The molecule has 1 aromatic carbocycles. The molecule has 0 bridgehead atoms. The quantitative estimate of drug-likeness (QED) is 0.905. The maximum Gasteiger partial charge on any atom is 0.301 e. The molecule has 1 N–H and O–H groups in total. The summed E-state index contributed by atoms with van der Waals surface area (Å²) < 4.78 is 27.8. The van der Waals surface area contributed by atoms with Crippen molar-refractivity contribution in [2.45, 2.75) is 26.8 Å². The van der Waals surface area contributed by atoms with Gasteiger partial charge in [-0.1, -0.05) is 6.07 Å². The lowest BCUT2D eigenvalue weighted by molar-refractivity contribution is 0.414. The van der Waals surface area contributed by atoms with Crippen molar-refractivity contribution in [2.75, 3.05) is 11.8 Å². The summed E-state index contributed by atoms with van der Waals surface area (Å²) in [4.78, 5) is 0. The van der Waals surface area contributed by atoms with E-state index < -0.39 is 10.2 Å². The highest BCUT2D eigenvalue weighted by molar-refractivity contribution is 7.90. The molecule has 0 aliphatic rings. The van der Waals surface area contributed by atoms with E-state index in [1.165, 1.54) is 17.4 Å². The standard InChI is InChI=1S/C12H17N3O2S/c1-9(2)15(4)18(16,17)14-12-7-11(8-13)6-5-10(12)3/h5-7,9,14H,1-4H3. The zero-order valence-corrected chi connectivity index (χ0v) is 11.7. The minimum Gasteiger partial charge on any atom is -0.271 e. The molecule has 1 aromatic rings. The van der Waals surface area contributed by atoms with E-state index in [-0.39, 0.29) is 6.04 Å². The van der Waals surface area contributed by atoms with Crippen LogP contribution < -0.4 is 4.72 Å². The summed E-state index contributed by atoms with van der Waals surface area (Å²) in [6.45, 7) is 5.37. The summed E-state index contributed by atoms with van der Waals surface area (Å²) in [7, 11) is -2.08. The molecule has 0 aliphatic heterocycles. The van der Waals surface area contributed by atoms with Crippen molar-refractivity contribution < 1.29 is 8.42 Å². The lowest BCUT2D eigenvalue weighted by atomic mass is 10.1. The minimum atomic E-state index is -3.59. The van der Waals surface area contributed by atoms with Gasteiger partial charge >= 0.3 is 10.2 Å². The third kappa shape index (κ3) is 3.22. The van der Waals surface area contributed by atoms with E-state index in [0.717, 1.165) is 5.56 Å². The molecule has 6 heteroatoms. The van der Waals surface area contributed by atoms with E-state index in [1.54, 1.807) is 32.9 Å². The lowest BCUT2D eigenvalue weighted by Crippen LogP contribution is -2.37. The highest BCUT2D eigenvalue weighted by atomic mass is 32.2. The van der Waals surface area contributed by atoms with E-state index in [1.807, 2.05) is 6.07 Å². The first kappa shape index (κ1) is 14.5. The molecule has 0 radical (unpaired) electrons. The van der Waals surface area contributed by atoms with Crippen LogP contribution in [0, 0.1) is 18.3 Å². The number of nitriles is 1. The third-order valence-electron chi connectivity index (χ3n) is 2.71. The molecule has 0 saturated heterocycles. The molecule has 0 amide bonds. The van der Waals surface area contributed by atoms with Crippen LogP contribution in [0.3, 0.4) is 0 Å². The number of nitrogens with zero attached hydrogens (tertiary/aromatic N) is 2. The number of nitrogens with one attached hydrogen (secondary N) is 1. The number of rotatable bonds is 4. The largest absolute Gasteiger partial charge is 0.301 e. The van der Waals surface area contributed by atoms with Crippen LogP contribution in [-0.2, 0) is 10.2 Å². The molecule has 0 saturated carbocycles. The Morgan fingerprint density at radius 3 is 2.50 bits per heavy atom. The van der Waals surface area contributed by atoms with Crippen molar-refractivity contribution in [1.82, 2.24) is 4.31 Å². The van der Waals surface area contributed by atoms with Crippen molar-refractivity contribution in [3.8, 4) is 6.07 Å². The first-order valence-electron chi connectivity index (χ1n) is 5.54. The summed E-state index contributed by atoms with van der Waals surface area (Å²) in [5.74, 6) is 0. The lowest BCUT2D eigenvalue weighted by Gasteiger charge is -2.22. The first-order chi connectivity index (χ1) is 8.27. The van der Waals surface area contributed by atoms with Gasteiger partial charge in [-0.05, 0) is 38.5 Å². The minimum absolute atomic E-state index is 0.137. The number of hydrogen-bond donors (Lipinski definition) is 1. The third-order valence-corrected chi connectivity index (χ3v) is 4.37. The summed E-state index contributed by atoms with van der Waals surface area (Å²) in [5.41, 5.74) is 1.63. The van der Waals surface area contributed by atoms with Gasteiger partial charge in [0.2, 0.25) is 0 Å². The summed E-state index contributed by atoms with van der Waals surface area (Å²) in [6.07, 6.45) is 0. The maximum absolute atomic E-state index is 12.0. The topological polar surface area (TPSA) is 73.2 Å². The van der Waals surface area contributed by atoms with E-state index in [0.29, 0.717) is 11.3 Å². The predicted molar refractivity (Wildman–Crippen MR) is 71.3 cm³/mol. The number of anilines is 1. The Hall–Kier alpha value is -1.58. The smallest absolute Gasteiger partial charge is 0.271 e. The molecular formula is C12H17N3O2S. The van der Waals surface area contributed by atoms with Crippen LogP contribution in [-0.4, -0.2) is 25.8 Å². The van der Waals surface area contributed by atoms with Crippen molar-refractivity contribution >= 4 is 15.9 Å². The van der Waals surface area contributed by atoms with Crippen molar-refractivity contribution in [1.29, 1.82) is 5.26 Å². The molecule has 0 atom stereocenters. The van der Waals surface area contributed by atoms with Crippen LogP contribution in [0.25, 0.3) is 0 Å². The summed E-state index contributed by atoms with van der Waals surface area (Å²) in [5, 5.41) is 8.81. The van der Waals surface area contributed by atoms with Crippen molar-refractivity contribution in [3.05, 3.63) is 29.3 Å². The average molecular weight is 267 g/mol. The maximum atomic E-state index is 12.0.